The molecule has 2 fully saturated rings. The standard InChI is InChI=1S/C16H24N4O3S/c1-11(2)4-5-19-6-7-20(15-10-24(22,23)9-14(15)19)16(21)13-8-12(3)17-18-13/h4,8,14-15H,5-7,9-10H2,1-3H3,(H,17,18)/t14-,15+/m0/s1. The lowest BCUT2D eigenvalue weighted by Gasteiger charge is -2.43. The lowest BCUT2D eigenvalue weighted by Crippen LogP contribution is -2.60. The fourth-order valence-electron chi connectivity index (χ4n) is 3.48. The number of hydrogen-bond donors (Lipinski definition) is 1. The second-order valence-electron chi connectivity index (χ2n) is 6.92. The molecule has 24 heavy (non-hydrogen) atoms. The number of aromatic nitrogens is 2. The SMILES string of the molecule is CC(C)=CCN1CCN(C(=O)c2cc(C)[nH]n2)[C@@H]2CS(=O)(=O)C[C@@H]21. The van der Waals surface area contributed by atoms with Gasteiger partial charge in [0.2, 0.25) is 0 Å². The fraction of sp³-hybridized carbons (Fsp3) is 0.625. The van der Waals surface area contributed by atoms with Gasteiger partial charge in [-0.15, -0.1) is 0 Å². The van der Waals surface area contributed by atoms with Gasteiger partial charge >= 0.3 is 0 Å². The molecule has 0 radical (unpaired) electrons. The van der Waals surface area contributed by atoms with Crippen molar-refractivity contribution in [1.82, 2.24) is 20.0 Å². The van der Waals surface area contributed by atoms with Crippen molar-refractivity contribution in [3.05, 3.63) is 29.1 Å². The number of aromatic amines is 1. The Bertz CT molecular complexity index is 764. The minimum atomic E-state index is -3.13. The number of aryl methyl sites for hydroxylation is 1. The molecule has 8 heteroatoms. The first kappa shape index (κ1) is 17.2. The van der Waals surface area contributed by atoms with E-state index in [9.17, 15) is 13.2 Å². The predicted molar refractivity (Wildman–Crippen MR) is 91.6 cm³/mol. The molecule has 1 aromatic rings. The maximum absolute atomic E-state index is 12.8. The molecule has 3 rings (SSSR count). The average Bonchev–Trinajstić information content (AvgIpc) is 3.06. The van der Waals surface area contributed by atoms with E-state index in [4.69, 9.17) is 0 Å². The van der Waals surface area contributed by atoms with Gasteiger partial charge in [-0.05, 0) is 26.8 Å². The molecular weight excluding hydrogens is 328 g/mol. The van der Waals surface area contributed by atoms with E-state index in [0.29, 0.717) is 18.8 Å². The van der Waals surface area contributed by atoms with Crippen molar-refractivity contribution in [3.8, 4) is 0 Å². The van der Waals surface area contributed by atoms with Crippen LogP contribution in [0, 0.1) is 6.92 Å². The normalized spacial score (nSPS) is 26.2. The smallest absolute Gasteiger partial charge is 0.274 e. The van der Waals surface area contributed by atoms with Crippen molar-refractivity contribution in [2.45, 2.75) is 32.9 Å². The molecule has 2 saturated heterocycles. The van der Waals surface area contributed by atoms with Crippen molar-refractivity contribution in [2.75, 3.05) is 31.1 Å². The predicted octanol–water partition coefficient (Wildman–Crippen LogP) is 0.608. The van der Waals surface area contributed by atoms with Gasteiger partial charge in [-0.2, -0.15) is 5.10 Å². The zero-order valence-corrected chi connectivity index (χ0v) is 15.1. The third-order valence-corrected chi connectivity index (χ3v) is 6.41. The molecule has 2 aliphatic rings. The average molecular weight is 352 g/mol. The summed E-state index contributed by atoms with van der Waals surface area (Å²) in [6, 6.07) is 1.28. The van der Waals surface area contributed by atoms with Crippen LogP contribution in [0.5, 0.6) is 0 Å². The van der Waals surface area contributed by atoms with E-state index in [1.807, 2.05) is 20.8 Å². The largest absolute Gasteiger partial charge is 0.330 e. The maximum atomic E-state index is 12.8. The van der Waals surface area contributed by atoms with Crippen LogP contribution in [0.15, 0.2) is 17.7 Å². The van der Waals surface area contributed by atoms with Crippen LogP contribution in [0.1, 0.15) is 30.0 Å². The van der Waals surface area contributed by atoms with E-state index in [0.717, 1.165) is 12.2 Å². The minimum absolute atomic E-state index is 0.0398. The van der Waals surface area contributed by atoms with E-state index in [1.165, 1.54) is 5.57 Å². The summed E-state index contributed by atoms with van der Waals surface area (Å²) in [6.07, 6.45) is 2.11. The molecule has 3 heterocycles. The van der Waals surface area contributed by atoms with E-state index < -0.39 is 9.84 Å². The Morgan fingerprint density at radius 2 is 2.04 bits per heavy atom. The third-order valence-electron chi connectivity index (χ3n) is 4.71. The number of fused-ring (bicyclic) bond motifs is 1. The summed E-state index contributed by atoms with van der Waals surface area (Å²) in [5, 5.41) is 6.80. The molecule has 0 saturated carbocycles. The van der Waals surface area contributed by atoms with Gasteiger partial charge in [0.1, 0.15) is 5.69 Å². The number of amides is 1. The first-order valence-corrected chi connectivity index (χ1v) is 10.00. The van der Waals surface area contributed by atoms with Gasteiger partial charge in [0.25, 0.3) is 5.91 Å². The Morgan fingerprint density at radius 3 is 2.67 bits per heavy atom. The molecular formula is C16H24N4O3S. The molecule has 0 bridgehead atoms. The molecule has 1 aromatic heterocycles. The maximum Gasteiger partial charge on any atom is 0.274 e. The lowest BCUT2D eigenvalue weighted by molar-refractivity contribution is 0.0363. The Labute approximate surface area is 142 Å². The minimum Gasteiger partial charge on any atom is -0.330 e. The fourth-order valence-corrected chi connectivity index (χ4v) is 5.49. The molecule has 132 valence electrons. The second kappa shape index (κ2) is 6.33. The van der Waals surface area contributed by atoms with E-state index >= 15 is 0 Å². The second-order valence-corrected chi connectivity index (χ2v) is 9.08. The summed E-state index contributed by atoms with van der Waals surface area (Å²) in [4.78, 5) is 16.6. The summed E-state index contributed by atoms with van der Waals surface area (Å²) in [6.45, 7) is 7.82. The summed E-state index contributed by atoms with van der Waals surface area (Å²) in [7, 11) is -3.13. The number of H-pyrrole nitrogens is 1. The molecule has 0 unspecified atom stereocenters. The van der Waals surface area contributed by atoms with Gasteiger partial charge in [0.15, 0.2) is 9.84 Å². The summed E-state index contributed by atoms with van der Waals surface area (Å²) in [5.41, 5.74) is 2.38. The van der Waals surface area contributed by atoms with Crippen LogP contribution in [0.3, 0.4) is 0 Å². The summed E-state index contributed by atoms with van der Waals surface area (Å²) >= 11 is 0. The zero-order valence-electron chi connectivity index (χ0n) is 14.3. The lowest BCUT2D eigenvalue weighted by atomic mass is 10.0. The molecule has 1 N–H and O–H groups in total. The van der Waals surface area contributed by atoms with E-state index in [2.05, 4.69) is 21.2 Å². The van der Waals surface area contributed by atoms with Crippen molar-refractivity contribution >= 4 is 15.7 Å². The van der Waals surface area contributed by atoms with Crippen LogP contribution in [-0.2, 0) is 9.84 Å². The first-order valence-electron chi connectivity index (χ1n) is 8.17. The third kappa shape index (κ3) is 3.39. The van der Waals surface area contributed by atoms with Gasteiger partial charge < -0.3 is 4.90 Å². The van der Waals surface area contributed by atoms with Crippen LogP contribution < -0.4 is 0 Å². The first-order chi connectivity index (χ1) is 11.3. The number of rotatable bonds is 3. The quantitative estimate of drug-likeness (QED) is 0.806. The highest BCUT2D eigenvalue weighted by molar-refractivity contribution is 7.91. The molecule has 1 amide bonds. The molecule has 2 atom stereocenters. The zero-order chi connectivity index (χ0) is 17.5. The summed E-state index contributed by atoms with van der Waals surface area (Å²) < 4.78 is 24.4. The number of carbonyl (C=O) groups is 1. The van der Waals surface area contributed by atoms with Crippen LogP contribution in [-0.4, -0.2) is 77.5 Å². The highest BCUT2D eigenvalue weighted by Crippen LogP contribution is 2.28. The number of sulfone groups is 1. The van der Waals surface area contributed by atoms with Crippen molar-refractivity contribution in [2.24, 2.45) is 0 Å². The molecule has 7 nitrogen and oxygen atoms in total. The molecule has 0 spiro atoms. The molecule has 2 aliphatic heterocycles. The number of hydrogen-bond acceptors (Lipinski definition) is 5. The Morgan fingerprint density at radius 1 is 1.33 bits per heavy atom. The monoisotopic (exact) mass is 352 g/mol. The number of allylic oxidation sites excluding steroid dienone is 1. The number of nitrogens with zero attached hydrogens (tertiary/aromatic N) is 3. The van der Waals surface area contributed by atoms with Crippen molar-refractivity contribution < 1.29 is 13.2 Å². The highest BCUT2D eigenvalue weighted by Gasteiger charge is 2.48. The van der Waals surface area contributed by atoms with Gasteiger partial charge in [-0.1, -0.05) is 11.6 Å². The van der Waals surface area contributed by atoms with Gasteiger partial charge in [-0.25, -0.2) is 8.42 Å². The molecule has 0 aromatic carbocycles. The van der Waals surface area contributed by atoms with Crippen LogP contribution in [0.2, 0.25) is 0 Å². The Hall–Kier alpha value is -1.67. The number of carbonyl (C=O) groups excluding carboxylic acids is 1. The topological polar surface area (TPSA) is 86.4 Å². The van der Waals surface area contributed by atoms with Gasteiger partial charge in [-0.3, -0.25) is 14.8 Å². The Balaban J connectivity index is 1.84. The molecule has 0 aliphatic carbocycles. The van der Waals surface area contributed by atoms with Crippen LogP contribution in [0.4, 0.5) is 0 Å². The van der Waals surface area contributed by atoms with Gasteiger partial charge in [0, 0.05) is 31.4 Å². The number of piperazine rings is 1. The summed E-state index contributed by atoms with van der Waals surface area (Å²) in [5.74, 6) is -0.0243. The highest BCUT2D eigenvalue weighted by atomic mass is 32.2. The van der Waals surface area contributed by atoms with Crippen molar-refractivity contribution in [3.63, 3.8) is 0 Å². The number of nitrogens with one attached hydrogen (secondary N) is 1. The van der Waals surface area contributed by atoms with Crippen molar-refractivity contribution in [1.29, 1.82) is 0 Å². The van der Waals surface area contributed by atoms with Crippen LogP contribution in [0.25, 0.3) is 0 Å². The van der Waals surface area contributed by atoms with E-state index in [-0.39, 0.29) is 29.5 Å². The Kier molecular flexibility index (Phi) is 4.52. The van der Waals surface area contributed by atoms with Crippen LogP contribution >= 0.6 is 0 Å². The van der Waals surface area contributed by atoms with E-state index in [1.54, 1.807) is 11.0 Å². The van der Waals surface area contributed by atoms with Gasteiger partial charge in [0.05, 0.1) is 17.5 Å².